The number of amides is 1. The summed E-state index contributed by atoms with van der Waals surface area (Å²) in [7, 11) is 0. The number of anilines is 2. The lowest BCUT2D eigenvalue weighted by atomic mass is 10.2. The molecule has 1 amide bonds. The Morgan fingerprint density at radius 3 is 2.76 bits per heavy atom. The van der Waals surface area contributed by atoms with Gasteiger partial charge in [0.25, 0.3) is 0 Å². The second kappa shape index (κ2) is 6.97. The average molecular weight is 425 g/mol. The average Bonchev–Trinajstić information content (AvgIpc) is 2.91. The first-order valence-electron chi connectivity index (χ1n) is 7.40. The Morgan fingerprint density at radius 1 is 1.32 bits per heavy atom. The largest absolute Gasteiger partial charge is 0.489 e. The molecule has 0 atom stereocenters. The van der Waals surface area contributed by atoms with E-state index in [2.05, 4.69) is 20.9 Å². The summed E-state index contributed by atoms with van der Waals surface area (Å²) in [5.74, 6) is -0.277. The maximum Gasteiger partial charge on any atom is 0.418 e. The molecule has 0 aliphatic heterocycles. The van der Waals surface area contributed by atoms with Crippen LogP contribution in [0.5, 0.6) is 5.75 Å². The standard InChI is InChI=1S/C17H14BrFN2O3S/c1-9(2)24-14-5-4-11(19)8-13(14)21(17(22)23)16-20-12-7-10(18)3-6-15(12)25-16/h3-9H,1-2H3,(H,22,23). The summed E-state index contributed by atoms with van der Waals surface area (Å²) in [6.45, 7) is 3.63. The maximum absolute atomic E-state index is 13.8. The fourth-order valence-corrected chi connectivity index (χ4v) is 3.59. The number of carbonyl (C=O) groups is 1. The third-order valence-corrected chi connectivity index (χ3v) is 4.76. The van der Waals surface area contributed by atoms with Gasteiger partial charge in [-0.1, -0.05) is 27.3 Å². The Balaban J connectivity index is 2.15. The van der Waals surface area contributed by atoms with Crippen molar-refractivity contribution in [3.8, 4) is 5.75 Å². The summed E-state index contributed by atoms with van der Waals surface area (Å²) >= 11 is 4.57. The molecule has 0 unspecified atom stereocenters. The van der Waals surface area contributed by atoms with Gasteiger partial charge in [0.2, 0.25) is 5.13 Å². The molecule has 1 heterocycles. The first-order valence-corrected chi connectivity index (χ1v) is 9.01. The van der Waals surface area contributed by atoms with Crippen LogP contribution in [0.4, 0.5) is 20.0 Å². The van der Waals surface area contributed by atoms with Crippen molar-refractivity contribution >= 4 is 54.4 Å². The predicted molar refractivity (Wildman–Crippen MR) is 99.6 cm³/mol. The second-order valence-electron chi connectivity index (χ2n) is 5.51. The van der Waals surface area contributed by atoms with Crippen LogP contribution in [0.1, 0.15) is 13.8 Å². The topological polar surface area (TPSA) is 62.7 Å². The summed E-state index contributed by atoms with van der Waals surface area (Å²) in [6.07, 6.45) is -1.46. The first kappa shape index (κ1) is 17.6. The number of ether oxygens (including phenoxy) is 1. The monoisotopic (exact) mass is 424 g/mol. The van der Waals surface area contributed by atoms with Crippen LogP contribution in [0.3, 0.4) is 0 Å². The van der Waals surface area contributed by atoms with Gasteiger partial charge in [-0.05, 0) is 44.2 Å². The molecular formula is C17H14BrFN2O3S. The molecule has 3 rings (SSSR count). The molecule has 0 fully saturated rings. The van der Waals surface area contributed by atoms with E-state index < -0.39 is 11.9 Å². The summed E-state index contributed by atoms with van der Waals surface area (Å²) in [5.41, 5.74) is 0.752. The van der Waals surface area contributed by atoms with Crippen LogP contribution in [-0.4, -0.2) is 22.3 Å². The number of carboxylic acid groups (broad SMARTS) is 1. The number of rotatable bonds is 4. The highest BCUT2D eigenvalue weighted by atomic mass is 79.9. The van der Waals surface area contributed by atoms with Crippen molar-refractivity contribution in [3.05, 3.63) is 46.7 Å². The van der Waals surface area contributed by atoms with Crippen molar-refractivity contribution < 1.29 is 19.0 Å². The number of nitrogens with zero attached hydrogens (tertiary/aromatic N) is 2. The number of benzene rings is 2. The predicted octanol–water partition coefficient (Wildman–Crippen LogP) is 5.80. The van der Waals surface area contributed by atoms with E-state index in [4.69, 9.17) is 4.74 Å². The minimum Gasteiger partial charge on any atom is -0.489 e. The van der Waals surface area contributed by atoms with Gasteiger partial charge in [-0.25, -0.2) is 19.1 Å². The molecule has 2 aromatic carbocycles. The lowest BCUT2D eigenvalue weighted by Gasteiger charge is -2.21. The highest BCUT2D eigenvalue weighted by molar-refractivity contribution is 9.10. The molecule has 25 heavy (non-hydrogen) atoms. The number of aromatic nitrogens is 1. The molecule has 3 aromatic rings. The molecule has 0 spiro atoms. The summed E-state index contributed by atoms with van der Waals surface area (Å²) in [6, 6.07) is 9.28. The third-order valence-electron chi connectivity index (χ3n) is 3.25. The number of fused-ring (bicyclic) bond motifs is 1. The minimum atomic E-state index is -1.27. The van der Waals surface area contributed by atoms with E-state index >= 15 is 0 Å². The van der Waals surface area contributed by atoms with Crippen LogP contribution in [0.15, 0.2) is 40.9 Å². The molecule has 0 bridgehead atoms. The van der Waals surface area contributed by atoms with E-state index in [0.717, 1.165) is 20.1 Å². The van der Waals surface area contributed by atoms with Gasteiger partial charge >= 0.3 is 6.09 Å². The van der Waals surface area contributed by atoms with Gasteiger partial charge in [-0.3, -0.25) is 0 Å². The Bertz CT molecular complexity index is 945. The van der Waals surface area contributed by atoms with Crippen LogP contribution in [-0.2, 0) is 0 Å². The van der Waals surface area contributed by atoms with E-state index in [1.165, 1.54) is 23.5 Å². The van der Waals surface area contributed by atoms with Crippen LogP contribution in [0.2, 0.25) is 0 Å². The highest BCUT2D eigenvalue weighted by Gasteiger charge is 2.25. The molecule has 0 saturated carbocycles. The van der Waals surface area contributed by atoms with Gasteiger partial charge in [-0.15, -0.1) is 0 Å². The molecule has 0 aliphatic carbocycles. The molecule has 5 nitrogen and oxygen atoms in total. The zero-order valence-electron chi connectivity index (χ0n) is 13.4. The normalized spacial score (nSPS) is 11.1. The molecular weight excluding hydrogens is 411 g/mol. The Morgan fingerprint density at radius 2 is 2.08 bits per heavy atom. The lowest BCUT2D eigenvalue weighted by molar-refractivity contribution is 0.203. The molecule has 1 N–H and O–H groups in total. The summed E-state index contributed by atoms with van der Waals surface area (Å²) in [5, 5.41) is 9.94. The van der Waals surface area contributed by atoms with Crippen LogP contribution in [0.25, 0.3) is 10.2 Å². The molecule has 130 valence electrons. The van der Waals surface area contributed by atoms with E-state index in [1.807, 2.05) is 26.0 Å². The first-order chi connectivity index (χ1) is 11.8. The smallest absolute Gasteiger partial charge is 0.418 e. The van der Waals surface area contributed by atoms with Crippen molar-refractivity contribution in [2.24, 2.45) is 0 Å². The fraction of sp³-hybridized carbons (Fsp3) is 0.176. The SMILES string of the molecule is CC(C)Oc1ccc(F)cc1N(C(=O)O)c1nc2cc(Br)ccc2s1. The fourth-order valence-electron chi connectivity index (χ4n) is 2.29. The number of thiazole rings is 1. The highest BCUT2D eigenvalue weighted by Crippen LogP contribution is 2.39. The van der Waals surface area contributed by atoms with E-state index in [0.29, 0.717) is 5.52 Å². The molecule has 0 aliphatic rings. The zero-order chi connectivity index (χ0) is 18.1. The summed E-state index contributed by atoms with van der Waals surface area (Å²) in [4.78, 5) is 17.2. The number of hydrogen-bond donors (Lipinski definition) is 1. The van der Waals surface area contributed by atoms with E-state index in [-0.39, 0.29) is 22.7 Å². The van der Waals surface area contributed by atoms with Crippen molar-refractivity contribution in [1.29, 1.82) is 0 Å². The quantitative estimate of drug-likeness (QED) is 0.574. The number of hydrogen-bond acceptors (Lipinski definition) is 4. The van der Waals surface area contributed by atoms with Gasteiger partial charge in [0.15, 0.2) is 0 Å². The Labute approximate surface area is 155 Å². The maximum atomic E-state index is 13.8. The van der Waals surface area contributed by atoms with Crippen molar-refractivity contribution in [1.82, 2.24) is 4.98 Å². The number of halogens is 2. The van der Waals surface area contributed by atoms with E-state index in [1.54, 1.807) is 6.07 Å². The van der Waals surface area contributed by atoms with Gasteiger partial charge in [-0.2, -0.15) is 0 Å². The van der Waals surface area contributed by atoms with Crippen molar-refractivity contribution in [2.75, 3.05) is 4.90 Å². The lowest BCUT2D eigenvalue weighted by Crippen LogP contribution is -2.24. The molecule has 0 radical (unpaired) electrons. The third kappa shape index (κ3) is 3.74. The van der Waals surface area contributed by atoms with Gasteiger partial charge in [0.1, 0.15) is 11.6 Å². The van der Waals surface area contributed by atoms with Crippen LogP contribution >= 0.6 is 27.3 Å². The Kier molecular flexibility index (Phi) is 4.91. The zero-order valence-corrected chi connectivity index (χ0v) is 15.8. The Hall–Kier alpha value is -2.19. The van der Waals surface area contributed by atoms with Crippen LogP contribution in [0, 0.1) is 5.82 Å². The minimum absolute atomic E-state index is 0.0966. The molecule has 0 saturated heterocycles. The molecule has 1 aromatic heterocycles. The summed E-state index contributed by atoms with van der Waals surface area (Å²) < 4.78 is 21.1. The van der Waals surface area contributed by atoms with Gasteiger partial charge in [0.05, 0.1) is 22.0 Å². The molecule has 8 heteroatoms. The van der Waals surface area contributed by atoms with Crippen molar-refractivity contribution in [2.45, 2.75) is 20.0 Å². The van der Waals surface area contributed by atoms with E-state index in [9.17, 15) is 14.3 Å². The second-order valence-corrected chi connectivity index (χ2v) is 7.43. The van der Waals surface area contributed by atoms with Crippen molar-refractivity contribution in [3.63, 3.8) is 0 Å². The van der Waals surface area contributed by atoms with Gasteiger partial charge in [0, 0.05) is 10.5 Å². The van der Waals surface area contributed by atoms with Crippen LogP contribution < -0.4 is 9.64 Å². The van der Waals surface area contributed by atoms with Gasteiger partial charge < -0.3 is 9.84 Å².